The molecule has 0 N–H and O–H groups in total. The van der Waals surface area contributed by atoms with E-state index in [1.54, 1.807) is 11.3 Å². The third-order valence-electron chi connectivity index (χ3n) is 1.53. The Labute approximate surface area is 87.5 Å². The molecule has 1 nitrogen and oxygen atoms in total. The number of halogens is 2. The Bertz CT molecular complexity index is 412. The molecule has 12 heavy (non-hydrogen) atoms. The molecule has 2 aromatic rings. The van der Waals surface area contributed by atoms with Gasteiger partial charge in [0.25, 0.3) is 0 Å². The van der Waals surface area contributed by atoms with Crippen LogP contribution in [0.15, 0.2) is 18.2 Å². The zero-order valence-electron chi connectivity index (χ0n) is 6.05. The molecular weight excluding hydrogens is 258 g/mol. The minimum Gasteiger partial charge on any atom is -0.239 e. The lowest BCUT2D eigenvalue weighted by molar-refractivity contribution is 1.32. The average Bonchev–Trinajstić information content (AvgIpc) is 2.49. The zero-order valence-corrected chi connectivity index (χ0v) is 9.21. The van der Waals surface area contributed by atoms with E-state index in [1.165, 1.54) is 0 Å². The molecule has 1 aromatic carbocycles. The van der Waals surface area contributed by atoms with Crippen LogP contribution in [-0.2, 0) is 5.33 Å². The summed E-state index contributed by atoms with van der Waals surface area (Å²) in [5.41, 5.74) is 0.915. The fraction of sp³-hybridized carbons (Fsp3) is 0.125. The Morgan fingerprint density at radius 3 is 3.00 bits per heavy atom. The van der Waals surface area contributed by atoms with Crippen LogP contribution in [0, 0.1) is 0 Å². The molecule has 0 atom stereocenters. The Balaban J connectivity index is 2.74. The Kier molecular flexibility index (Phi) is 2.35. The molecule has 0 aliphatic heterocycles. The highest BCUT2D eigenvalue weighted by atomic mass is 79.9. The van der Waals surface area contributed by atoms with Crippen LogP contribution in [0.5, 0.6) is 0 Å². The van der Waals surface area contributed by atoms with Crippen LogP contribution in [0.1, 0.15) is 5.01 Å². The van der Waals surface area contributed by atoms with Crippen molar-refractivity contribution in [1.29, 1.82) is 0 Å². The monoisotopic (exact) mass is 261 g/mol. The topological polar surface area (TPSA) is 12.9 Å². The summed E-state index contributed by atoms with van der Waals surface area (Å²) in [6.07, 6.45) is 0. The Morgan fingerprint density at radius 2 is 2.33 bits per heavy atom. The van der Waals surface area contributed by atoms with Gasteiger partial charge in [-0.15, -0.1) is 11.3 Å². The first kappa shape index (κ1) is 8.48. The number of fused-ring (bicyclic) bond motifs is 1. The molecule has 0 amide bonds. The summed E-state index contributed by atoms with van der Waals surface area (Å²) in [4.78, 5) is 4.37. The first-order chi connectivity index (χ1) is 5.81. The van der Waals surface area contributed by atoms with E-state index in [-0.39, 0.29) is 0 Å². The van der Waals surface area contributed by atoms with Gasteiger partial charge in [0, 0.05) is 0 Å². The lowest BCUT2D eigenvalue weighted by Gasteiger charge is -1.88. The summed E-state index contributed by atoms with van der Waals surface area (Å²) in [7, 11) is 0. The van der Waals surface area contributed by atoms with Crippen LogP contribution in [0.25, 0.3) is 10.2 Å². The number of nitrogens with zero attached hydrogens (tertiary/aromatic N) is 1. The molecular formula is C8H5BrClNS. The number of thiazole rings is 1. The molecule has 0 aliphatic carbocycles. The second-order valence-corrected chi connectivity index (χ2v) is 4.41. The third kappa shape index (κ3) is 1.37. The zero-order chi connectivity index (χ0) is 8.55. The van der Waals surface area contributed by atoms with Gasteiger partial charge in [-0.25, -0.2) is 4.98 Å². The van der Waals surface area contributed by atoms with Gasteiger partial charge in [0.2, 0.25) is 0 Å². The van der Waals surface area contributed by atoms with Crippen LogP contribution in [-0.4, -0.2) is 4.98 Å². The molecule has 0 unspecified atom stereocenters. The van der Waals surface area contributed by atoms with Crippen molar-refractivity contribution >= 4 is 49.1 Å². The molecule has 0 fully saturated rings. The summed E-state index contributed by atoms with van der Waals surface area (Å²) in [5, 5.41) is 2.59. The van der Waals surface area contributed by atoms with Crippen LogP contribution in [0.3, 0.4) is 0 Å². The standard InChI is InChI=1S/C8H5BrClNS/c9-4-7-11-8-5(10)2-1-3-6(8)12-7/h1-3H,4H2. The maximum atomic E-state index is 5.96. The number of hydrogen-bond donors (Lipinski definition) is 0. The van der Waals surface area contributed by atoms with Crippen LogP contribution < -0.4 is 0 Å². The second kappa shape index (κ2) is 3.32. The maximum absolute atomic E-state index is 5.96. The Morgan fingerprint density at radius 1 is 1.50 bits per heavy atom. The van der Waals surface area contributed by atoms with E-state index in [2.05, 4.69) is 20.9 Å². The van der Waals surface area contributed by atoms with E-state index in [0.717, 1.165) is 25.6 Å². The van der Waals surface area contributed by atoms with Crippen molar-refractivity contribution < 1.29 is 0 Å². The average molecular weight is 263 g/mol. The minimum atomic E-state index is 0.732. The third-order valence-corrected chi connectivity index (χ3v) is 3.76. The Hall–Kier alpha value is -0.120. The lowest BCUT2D eigenvalue weighted by Crippen LogP contribution is -1.72. The quantitative estimate of drug-likeness (QED) is 0.712. The van der Waals surface area contributed by atoms with Crippen molar-refractivity contribution in [3.05, 3.63) is 28.2 Å². The first-order valence-electron chi connectivity index (χ1n) is 3.41. The predicted molar refractivity (Wildman–Crippen MR) is 57.3 cm³/mol. The molecule has 2 rings (SSSR count). The molecule has 0 bridgehead atoms. The van der Waals surface area contributed by atoms with Gasteiger partial charge in [-0.05, 0) is 12.1 Å². The van der Waals surface area contributed by atoms with Crippen LogP contribution >= 0.6 is 38.9 Å². The van der Waals surface area contributed by atoms with Crippen molar-refractivity contribution in [3.8, 4) is 0 Å². The highest BCUT2D eigenvalue weighted by Gasteiger charge is 2.04. The fourth-order valence-corrected chi connectivity index (χ4v) is 2.60. The van der Waals surface area contributed by atoms with Gasteiger partial charge in [0.15, 0.2) is 0 Å². The van der Waals surface area contributed by atoms with Gasteiger partial charge in [0.05, 0.1) is 15.1 Å². The van der Waals surface area contributed by atoms with Crippen molar-refractivity contribution in [2.75, 3.05) is 0 Å². The maximum Gasteiger partial charge on any atom is 0.104 e. The van der Waals surface area contributed by atoms with E-state index in [1.807, 2.05) is 18.2 Å². The molecule has 0 aliphatic rings. The lowest BCUT2D eigenvalue weighted by atomic mass is 10.3. The van der Waals surface area contributed by atoms with Gasteiger partial charge in [0.1, 0.15) is 10.5 Å². The first-order valence-corrected chi connectivity index (χ1v) is 5.73. The molecule has 0 radical (unpaired) electrons. The van der Waals surface area contributed by atoms with E-state index < -0.39 is 0 Å². The van der Waals surface area contributed by atoms with Crippen LogP contribution in [0.2, 0.25) is 5.02 Å². The molecule has 62 valence electrons. The van der Waals surface area contributed by atoms with Gasteiger partial charge in [-0.2, -0.15) is 0 Å². The number of aromatic nitrogens is 1. The van der Waals surface area contributed by atoms with Gasteiger partial charge in [-0.3, -0.25) is 0 Å². The molecule has 1 aromatic heterocycles. The van der Waals surface area contributed by atoms with Crippen LogP contribution in [0.4, 0.5) is 0 Å². The van der Waals surface area contributed by atoms with E-state index in [0.29, 0.717) is 0 Å². The second-order valence-electron chi connectivity index (χ2n) is 2.33. The van der Waals surface area contributed by atoms with Crippen molar-refractivity contribution in [2.24, 2.45) is 0 Å². The summed E-state index contributed by atoms with van der Waals surface area (Å²) < 4.78 is 1.15. The van der Waals surface area contributed by atoms with E-state index in [4.69, 9.17) is 11.6 Å². The van der Waals surface area contributed by atoms with Crippen molar-refractivity contribution in [1.82, 2.24) is 4.98 Å². The van der Waals surface area contributed by atoms with E-state index in [9.17, 15) is 0 Å². The minimum absolute atomic E-state index is 0.732. The highest BCUT2D eigenvalue weighted by Crippen LogP contribution is 2.28. The largest absolute Gasteiger partial charge is 0.239 e. The van der Waals surface area contributed by atoms with Crippen molar-refractivity contribution in [2.45, 2.75) is 5.33 Å². The van der Waals surface area contributed by atoms with Crippen molar-refractivity contribution in [3.63, 3.8) is 0 Å². The normalized spacial score (nSPS) is 10.8. The summed E-state index contributed by atoms with van der Waals surface area (Å²) in [6, 6.07) is 5.84. The van der Waals surface area contributed by atoms with Gasteiger partial charge in [-0.1, -0.05) is 33.6 Å². The summed E-state index contributed by atoms with van der Waals surface area (Å²) >= 11 is 11.0. The molecule has 0 spiro atoms. The summed E-state index contributed by atoms with van der Waals surface area (Å²) in [5.74, 6) is 0. The SMILES string of the molecule is Clc1cccc2sc(CBr)nc12. The van der Waals surface area contributed by atoms with Gasteiger partial charge >= 0.3 is 0 Å². The van der Waals surface area contributed by atoms with Gasteiger partial charge < -0.3 is 0 Å². The molecule has 1 heterocycles. The molecule has 0 saturated heterocycles. The molecule has 4 heteroatoms. The number of hydrogen-bond acceptors (Lipinski definition) is 2. The molecule has 0 saturated carbocycles. The smallest absolute Gasteiger partial charge is 0.104 e. The number of benzene rings is 1. The number of rotatable bonds is 1. The number of para-hydroxylation sites is 1. The predicted octanol–water partition coefficient (Wildman–Crippen LogP) is 3.84. The highest BCUT2D eigenvalue weighted by molar-refractivity contribution is 9.08. The van der Waals surface area contributed by atoms with E-state index >= 15 is 0 Å². The summed E-state index contributed by atoms with van der Waals surface area (Å²) in [6.45, 7) is 0. The number of alkyl halides is 1. The fourth-order valence-electron chi connectivity index (χ4n) is 1.02.